The summed E-state index contributed by atoms with van der Waals surface area (Å²) in [6, 6.07) is 14.2. The summed E-state index contributed by atoms with van der Waals surface area (Å²) < 4.78 is 17.0. The van der Waals surface area contributed by atoms with Crippen molar-refractivity contribution in [2.24, 2.45) is 0 Å². The first-order valence-electron chi connectivity index (χ1n) is 10.0. The molecular formula is C22H27N3O5. The Labute approximate surface area is 175 Å². The zero-order valence-electron chi connectivity index (χ0n) is 16.8. The van der Waals surface area contributed by atoms with Gasteiger partial charge in [0.15, 0.2) is 0 Å². The van der Waals surface area contributed by atoms with Gasteiger partial charge in [0.1, 0.15) is 24.7 Å². The predicted octanol–water partition coefficient (Wildman–Crippen LogP) is 1.22. The number of fused-ring (bicyclic) bond motifs is 2. The number of amides is 2. The van der Waals surface area contributed by atoms with E-state index in [0.717, 1.165) is 0 Å². The van der Waals surface area contributed by atoms with Gasteiger partial charge in [0.25, 0.3) is 11.8 Å². The van der Waals surface area contributed by atoms with Crippen molar-refractivity contribution in [3.8, 4) is 11.5 Å². The second kappa shape index (κ2) is 11.8. The van der Waals surface area contributed by atoms with Crippen molar-refractivity contribution in [1.82, 2.24) is 16.0 Å². The molecule has 2 aromatic rings. The van der Waals surface area contributed by atoms with Crippen LogP contribution in [0.15, 0.2) is 48.5 Å². The first-order chi connectivity index (χ1) is 14.8. The zero-order chi connectivity index (χ0) is 21.0. The first-order valence-corrected chi connectivity index (χ1v) is 10.0. The zero-order valence-corrected chi connectivity index (χ0v) is 16.8. The van der Waals surface area contributed by atoms with Gasteiger partial charge in [-0.2, -0.15) is 0 Å². The molecule has 0 spiro atoms. The molecule has 0 bridgehead atoms. The summed E-state index contributed by atoms with van der Waals surface area (Å²) >= 11 is 0. The fraction of sp³-hybridized carbons (Fsp3) is 0.364. The lowest BCUT2D eigenvalue weighted by Crippen LogP contribution is -2.36. The molecular weight excluding hydrogens is 386 g/mol. The lowest BCUT2D eigenvalue weighted by atomic mass is 10.2. The quantitative estimate of drug-likeness (QED) is 0.601. The molecule has 0 saturated carbocycles. The van der Waals surface area contributed by atoms with Crippen molar-refractivity contribution in [3.63, 3.8) is 0 Å². The third-order valence-corrected chi connectivity index (χ3v) is 4.41. The van der Waals surface area contributed by atoms with E-state index >= 15 is 0 Å². The smallest absolute Gasteiger partial charge is 0.255 e. The Morgan fingerprint density at radius 1 is 0.600 bits per heavy atom. The molecule has 2 amide bonds. The number of nitrogens with one attached hydrogen (secondary N) is 3. The maximum Gasteiger partial charge on any atom is 0.255 e. The largest absolute Gasteiger partial charge is 0.490 e. The van der Waals surface area contributed by atoms with Crippen molar-refractivity contribution in [3.05, 3.63) is 59.7 Å². The summed E-state index contributed by atoms with van der Waals surface area (Å²) in [7, 11) is 0. The van der Waals surface area contributed by atoms with Gasteiger partial charge in [0.05, 0.1) is 24.3 Å². The fourth-order valence-corrected chi connectivity index (χ4v) is 2.93. The van der Waals surface area contributed by atoms with E-state index in [0.29, 0.717) is 75.2 Å². The summed E-state index contributed by atoms with van der Waals surface area (Å²) in [6.07, 6.45) is 0. The molecule has 8 nitrogen and oxygen atoms in total. The second-order valence-electron chi connectivity index (χ2n) is 6.56. The highest BCUT2D eigenvalue weighted by Crippen LogP contribution is 2.18. The van der Waals surface area contributed by atoms with Crippen molar-refractivity contribution < 1.29 is 23.8 Å². The Morgan fingerprint density at radius 3 is 1.57 bits per heavy atom. The highest BCUT2D eigenvalue weighted by Gasteiger charge is 2.13. The molecule has 0 radical (unpaired) electrons. The van der Waals surface area contributed by atoms with Crippen LogP contribution in [0.5, 0.6) is 11.5 Å². The molecule has 1 aliphatic heterocycles. The molecule has 1 aliphatic rings. The van der Waals surface area contributed by atoms with Gasteiger partial charge < -0.3 is 30.2 Å². The highest BCUT2D eigenvalue weighted by molar-refractivity contribution is 5.97. The molecule has 30 heavy (non-hydrogen) atoms. The summed E-state index contributed by atoms with van der Waals surface area (Å²) in [5.41, 5.74) is 0.971. The maximum atomic E-state index is 12.4. The number of ether oxygens (including phenoxy) is 3. The molecule has 0 aromatic heterocycles. The van der Waals surface area contributed by atoms with E-state index in [1.165, 1.54) is 0 Å². The second-order valence-corrected chi connectivity index (χ2v) is 6.56. The van der Waals surface area contributed by atoms with Crippen LogP contribution in [0.4, 0.5) is 0 Å². The Bertz CT molecular complexity index is 776. The van der Waals surface area contributed by atoms with Gasteiger partial charge >= 0.3 is 0 Å². The third kappa shape index (κ3) is 6.47. The number of hydrogen-bond donors (Lipinski definition) is 3. The summed E-state index contributed by atoms with van der Waals surface area (Å²) in [5, 5.41) is 8.92. The number of carbonyl (C=O) groups excluding carboxylic acids is 2. The fourth-order valence-electron chi connectivity index (χ4n) is 2.93. The van der Waals surface area contributed by atoms with Crippen LogP contribution in [0.3, 0.4) is 0 Å². The van der Waals surface area contributed by atoms with Gasteiger partial charge in [-0.15, -0.1) is 0 Å². The number of rotatable bonds is 0. The Kier molecular flexibility index (Phi) is 8.49. The van der Waals surface area contributed by atoms with Gasteiger partial charge in [-0.05, 0) is 24.3 Å². The van der Waals surface area contributed by atoms with Crippen molar-refractivity contribution in [1.29, 1.82) is 0 Å². The van der Waals surface area contributed by atoms with Crippen LogP contribution in [0.25, 0.3) is 0 Å². The molecule has 3 N–H and O–H groups in total. The number of benzene rings is 2. The summed E-state index contributed by atoms with van der Waals surface area (Å²) in [5.74, 6) is 0.657. The molecule has 0 atom stereocenters. The molecule has 0 aliphatic carbocycles. The van der Waals surface area contributed by atoms with Crippen LogP contribution in [0.1, 0.15) is 20.7 Å². The molecule has 0 saturated heterocycles. The Balaban J connectivity index is 1.61. The van der Waals surface area contributed by atoms with E-state index in [1.54, 1.807) is 36.4 Å². The lowest BCUT2D eigenvalue weighted by molar-refractivity contribution is 0.0749. The maximum absolute atomic E-state index is 12.4. The summed E-state index contributed by atoms with van der Waals surface area (Å²) in [6.45, 7) is 3.41. The normalized spacial score (nSPS) is 17.2. The Morgan fingerprint density at radius 2 is 1.07 bits per heavy atom. The SMILES string of the molecule is O=C1NCCNCCNC(=O)c2ccccc2OCCOCCOc2ccccc21. The minimum Gasteiger partial charge on any atom is -0.490 e. The van der Waals surface area contributed by atoms with E-state index in [1.807, 2.05) is 12.1 Å². The van der Waals surface area contributed by atoms with E-state index < -0.39 is 0 Å². The van der Waals surface area contributed by atoms with Crippen molar-refractivity contribution >= 4 is 11.8 Å². The first kappa shape index (κ1) is 21.6. The molecule has 1 heterocycles. The van der Waals surface area contributed by atoms with Crippen LogP contribution in [-0.2, 0) is 4.74 Å². The monoisotopic (exact) mass is 413 g/mol. The number of para-hydroxylation sites is 2. The van der Waals surface area contributed by atoms with Crippen LogP contribution >= 0.6 is 0 Å². The van der Waals surface area contributed by atoms with Crippen LogP contribution < -0.4 is 25.4 Å². The minimum absolute atomic E-state index is 0.193. The van der Waals surface area contributed by atoms with Crippen molar-refractivity contribution in [2.45, 2.75) is 0 Å². The van der Waals surface area contributed by atoms with Gasteiger partial charge in [0, 0.05) is 26.2 Å². The minimum atomic E-state index is -0.193. The predicted molar refractivity (Wildman–Crippen MR) is 112 cm³/mol. The topological polar surface area (TPSA) is 97.9 Å². The van der Waals surface area contributed by atoms with Gasteiger partial charge in [0.2, 0.25) is 0 Å². The van der Waals surface area contributed by atoms with E-state index in [4.69, 9.17) is 14.2 Å². The van der Waals surface area contributed by atoms with Crippen molar-refractivity contribution in [2.75, 3.05) is 52.6 Å². The molecule has 2 aromatic carbocycles. The van der Waals surface area contributed by atoms with E-state index in [9.17, 15) is 9.59 Å². The molecule has 8 heteroatoms. The van der Waals surface area contributed by atoms with Gasteiger partial charge in [-0.3, -0.25) is 9.59 Å². The summed E-state index contributed by atoms with van der Waals surface area (Å²) in [4.78, 5) is 24.8. The molecule has 3 rings (SSSR count). The number of hydrogen-bond acceptors (Lipinski definition) is 6. The Hall–Kier alpha value is -3.10. The van der Waals surface area contributed by atoms with E-state index in [-0.39, 0.29) is 11.8 Å². The van der Waals surface area contributed by atoms with Gasteiger partial charge in [-0.25, -0.2) is 0 Å². The molecule has 160 valence electrons. The third-order valence-electron chi connectivity index (χ3n) is 4.41. The van der Waals surface area contributed by atoms with E-state index in [2.05, 4.69) is 16.0 Å². The lowest BCUT2D eigenvalue weighted by Gasteiger charge is -2.14. The van der Waals surface area contributed by atoms with Crippen LogP contribution in [-0.4, -0.2) is 64.4 Å². The average Bonchev–Trinajstić information content (AvgIpc) is 2.77. The average molecular weight is 413 g/mol. The van der Waals surface area contributed by atoms with Crippen LogP contribution in [0.2, 0.25) is 0 Å². The standard InChI is InChI=1S/C22H27N3O5/c26-21-17-5-1-3-7-19(17)29-15-13-28-14-16-30-20-8-4-2-6-18(20)22(27)25-12-10-23-9-11-24-21/h1-8,23H,9-16H2,(H,24,26)(H,25,27). The highest BCUT2D eigenvalue weighted by atomic mass is 16.5. The van der Waals surface area contributed by atoms with Gasteiger partial charge in [-0.1, -0.05) is 24.3 Å². The van der Waals surface area contributed by atoms with Crippen LogP contribution in [0, 0.1) is 0 Å². The number of carbonyl (C=O) groups is 2. The molecule has 0 fully saturated rings. The molecule has 0 unspecified atom stereocenters.